The first-order chi connectivity index (χ1) is 14.7. The summed E-state index contributed by atoms with van der Waals surface area (Å²) in [6.07, 6.45) is 14.4. The van der Waals surface area contributed by atoms with Crippen molar-refractivity contribution in [3.8, 4) is 5.88 Å². The predicted octanol–water partition coefficient (Wildman–Crippen LogP) is 2.91. The van der Waals surface area contributed by atoms with E-state index in [1.165, 1.54) is 32.1 Å². The number of hydrogen-bond acceptors (Lipinski definition) is 5. The van der Waals surface area contributed by atoms with Crippen LogP contribution in [0.15, 0.2) is 18.6 Å². The van der Waals surface area contributed by atoms with Crippen LogP contribution in [0.3, 0.4) is 0 Å². The van der Waals surface area contributed by atoms with Crippen LogP contribution in [0.2, 0.25) is 0 Å². The minimum atomic E-state index is 0.205. The summed E-state index contributed by atoms with van der Waals surface area (Å²) in [5, 5.41) is 0. The second kappa shape index (κ2) is 10.2. The Bertz CT molecular complexity index is 700. The van der Waals surface area contributed by atoms with Crippen molar-refractivity contribution in [2.45, 2.75) is 57.8 Å². The quantitative estimate of drug-likeness (QED) is 0.686. The van der Waals surface area contributed by atoms with Gasteiger partial charge in [0.15, 0.2) is 0 Å². The second-order valence-corrected chi connectivity index (χ2v) is 9.26. The van der Waals surface area contributed by atoms with E-state index >= 15 is 0 Å². The van der Waals surface area contributed by atoms with E-state index in [1.54, 1.807) is 18.6 Å². The van der Waals surface area contributed by atoms with Crippen LogP contribution in [0.5, 0.6) is 5.88 Å². The summed E-state index contributed by atoms with van der Waals surface area (Å²) in [6.45, 7) is 3.75. The van der Waals surface area contributed by atoms with E-state index in [0.29, 0.717) is 36.7 Å². The van der Waals surface area contributed by atoms with Crippen LogP contribution in [0.25, 0.3) is 0 Å². The Labute approximate surface area is 179 Å². The molecular formula is C23H34N4O3. The topological polar surface area (TPSA) is 75.6 Å². The number of carbonyl (C=O) groups excluding carboxylic acids is 2. The number of amides is 2. The molecule has 3 heterocycles. The molecular weight excluding hydrogens is 380 g/mol. The number of likely N-dealkylation sites (tertiary alicyclic amines) is 2. The first-order valence-electron chi connectivity index (χ1n) is 11.6. The summed E-state index contributed by atoms with van der Waals surface area (Å²) in [5.74, 6) is 2.38. The lowest BCUT2D eigenvalue weighted by molar-refractivity contribution is -0.134. The molecule has 4 rings (SSSR count). The number of nitrogens with zero attached hydrogens (tertiary/aromatic N) is 4. The first-order valence-corrected chi connectivity index (χ1v) is 11.6. The normalized spacial score (nSPS) is 23.7. The van der Waals surface area contributed by atoms with Gasteiger partial charge in [-0.3, -0.25) is 14.6 Å². The number of hydrogen-bond donors (Lipinski definition) is 0. The van der Waals surface area contributed by atoms with Crippen LogP contribution < -0.4 is 4.74 Å². The number of carbonyl (C=O) groups is 2. The second-order valence-electron chi connectivity index (χ2n) is 9.26. The predicted molar refractivity (Wildman–Crippen MR) is 113 cm³/mol. The van der Waals surface area contributed by atoms with E-state index in [4.69, 9.17) is 4.74 Å². The van der Waals surface area contributed by atoms with E-state index in [0.717, 1.165) is 45.4 Å². The van der Waals surface area contributed by atoms with E-state index in [2.05, 4.69) is 14.9 Å². The Morgan fingerprint density at radius 1 is 1.03 bits per heavy atom. The molecule has 0 radical (unpaired) electrons. The smallest absolute Gasteiger partial charge is 0.232 e. The fraction of sp³-hybridized carbons (Fsp3) is 0.739. The van der Waals surface area contributed by atoms with Crippen LogP contribution >= 0.6 is 0 Å². The molecule has 1 unspecified atom stereocenters. The van der Waals surface area contributed by atoms with Crippen molar-refractivity contribution < 1.29 is 14.3 Å². The van der Waals surface area contributed by atoms with Crippen molar-refractivity contribution >= 4 is 11.8 Å². The van der Waals surface area contributed by atoms with E-state index in [9.17, 15) is 9.59 Å². The third-order valence-electron chi connectivity index (χ3n) is 6.93. The molecule has 0 spiro atoms. The van der Waals surface area contributed by atoms with E-state index in [1.807, 2.05) is 4.90 Å². The highest BCUT2D eigenvalue weighted by Gasteiger charge is 2.33. The fourth-order valence-electron chi connectivity index (χ4n) is 5.15. The maximum absolute atomic E-state index is 12.6. The maximum atomic E-state index is 12.6. The van der Waals surface area contributed by atoms with E-state index < -0.39 is 0 Å². The first kappa shape index (κ1) is 21.1. The van der Waals surface area contributed by atoms with Gasteiger partial charge in [0.05, 0.1) is 12.8 Å². The average Bonchev–Trinajstić information content (AvgIpc) is 3.13. The van der Waals surface area contributed by atoms with Gasteiger partial charge in [0.25, 0.3) is 0 Å². The molecule has 2 aliphatic heterocycles. The molecule has 1 atom stereocenters. The molecule has 1 aromatic heterocycles. The monoisotopic (exact) mass is 414 g/mol. The van der Waals surface area contributed by atoms with Crippen molar-refractivity contribution in [3.63, 3.8) is 0 Å². The third kappa shape index (κ3) is 5.70. The molecule has 0 aromatic carbocycles. The van der Waals surface area contributed by atoms with Crippen molar-refractivity contribution in [2.24, 2.45) is 17.8 Å². The minimum absolute atomic E-state index is 0.205. The number of ether oxygens (including phenoxy) is 1. The number of rotatable bonds is 7. The highest BCUT2D eigenvalue weighted by atomic mass is 16.5. The van der Waals surface area contributed by atoms with Crippen LogP contribution in [-0.4, -0.2) is 64.4 Å². The Balaban J connectivity index is 1.16. The Morgan fingerprint density at radius 2 is 1.83 bits per heavy atom. The van der Waals surface area contributed by atoms with Crippen LogP contribution in [0, 0.1) is 17.8 Å². The Morgan fingerprint density at radius 3 is 2.57 bits per heavy atom. The van der Waals surface area contributed by atoms with E-state index in [-0.39, 0.29) is 11.8 Å². The van der Waals surface area contributed by atoms with Gasteiger partial charge >= 0.3 is 0 Å². The molecule has 1 aromatic rings. The lowest BCUT2D eigenvalue weighted by Crippen LogP contribution is -2.42. The highest BCUT2D eigenvalue weighted by Crippen LogP contribution is 2.28. The molecule has 3 aliphatic rings. The lowest BCUT2D eigenvalue weighted by Gasteiger charge is -2.35. The summed E-state index contributed by atoms with van der Waals surface area (Å²) in [5.41, 5.74) is 0. The molecule has 30 heavy (non-hydrogen) atoms. The third-order valence-corrected chi connectivity index (χ3v) is 6.93. The summed E-state index contributed by atoms with van der Waals surface area (Å²) in [6, 6.07) is 0. The molecule has 3 fully saturated rings. The minimum Gasteiger partial charge on any atom is -0.476 e. The lowest BCUT2D eigenvalue weighted by atomic mass is 9.86. The summed E-state index contributed by atoms with van der Waals surface area (Å²) in [4.78, 5) is 37.2. The van der Waals surface area contributed by atoms with Gasteiger partial charge in [-0.15, -0.1) is 0 Å². The molecule has 2 amide bonds. The summed E-state index contributed by atoms with van der Waals surface area (Å²) < 4.78 is 5.68. The fourth-order valence-corrected chi connectivity index (χ4v) is 5.15. The van der Waals surface area contributed by atoms with Crippen molar-refractivity contribution in [1.29, 1.82) is 0 Å². The largest absolute Gasteiger partial charge is 0.476 e. The summed E-state index contributed by atoms with van der Waals surface area (Å²) in [7, 11) is 0. The van der Waals surface area contributed by atoms with Gasteiger partial charge in [0, 0.05) is 57.3 Å². The zero-order chi connectivity index (χ0) is 20.8. The standard InChI is InChI=1S/C23H34N4O3/c28-22(12-18-4-2-1-3-5-18)26-10-6-19(7-11-26)15-27-16-20(13-23(27)29)17-30-21-14-24-8-9-25-21/h8-9,14,18-20H,1-7,10-13,15-17H2. The zero-order valence-electron chi connectivity index (χ0n) is 17.9. The number of aromatic nitrogens is 2. The van der Waals surface area contributed by atoms with Crippen LogP contribution in [0.1, 0.15) is 57.8 Å². The van der Waals surface area contributed by atoms with Crippen molar-refractivity contribution in [2.75, 3.05) is 32.8 Å². The van der Waals surface area contributed by atoms with Crippen molar-refractivity contribution in [3.05, 3.63) is 18.6 Å². The van der Waals surface area contributed by atoms with Gasteiger partial charge < -0.3 is 14.5 Å². The Kier molecular flexibility index (Phi) is 7.18. The molecule has 0 bridgehead atoms. The average molecular weight is 415 g/mol. The van der Waals surface area contributed by atoms with Crippen LogP contribution in [-0.2, 0) is 9.59 Å². The molecule has 7 heteroatoms. The molecule has 2 saturated heterocycles. The highest BCUT2D eigenvalue weighted by molar-refractivity contribution is 5.78. The molecule has 1 saturated carbocycles. The molecule has 0 N–H and O–H groups in total. The van der Waals surface area contributed by atoms with Crippen LogP contribution in [0.4, 0.5) is 0 Å². The van der Waals surface area contributed by atoms with Gasteiger partial charge in [-0.25, -0.2) is 4.98 Å². The SMILES string of the molecule is O=C(CC1CCCCC1)N1CCC(CN2CC(COc3cnccn3)CC2=O)CC1. The Hall–Kier alpha value is -2.18. The zero-order valence-corrected chi connectivity index (χ0v) is 17.9. The van der Waals surface area contributed by atoms with Gasteiger partial charge in [-0.05, 0) is 37.5 Å². The van der Waals surface area contributed by atoms with Crippen molar-refractivity contribution in [1.82, 2.24) is 19.8 Å². The van der Waals surface area contributed by atoms with Gasteiger partial charge in [0.1, 0.15) is 0 Å². The molecule has 164 valence electrons. The number of piperidine rings is 1. The van der Waals surface area contributed by atoms with Gasteiger partial charge in [0.2, 0.25) is 17.7 Å². The van der Waals surface area contributed by atoms with Gasteiger partial charge in [-0.1, -0.05) is 19.3 Å². The summed E-state index contributed by atoms with van der Waals surface area (Å²) >= 11 is 0. The maximum Gasteiger partial charge on any atom is 0.232 e. The molecule has 1 aliphatic carbocycles. The molecule has 7 nitrogen and oxygen atoms in total. The van der Waals surface area contributed by atoms with Gasteiger partial charge in [-0.2, -0.15) is 0 Å².